The van der Waals surface area contributed by atoms with Crippen LogP contribution in [0.2, 0.25) is 0 Å². The van der Waals surface area contributed by atoms with Crippen molar-refractivity contribution in [2.45, 2.75) is 258 Å². The van der Waals surface area contributed by atoms with E-state index in [0.717, 1.165) is 0 Å². The Morgan fingerprint density at radius 3 is 1.04 bits per heavy atom. The van der Waals surface area contributed by atoms with Crippen molar-refractivity contribution in [1.29, 1.82) is 0 Å². The molecule has 0 saturated carbocycles. The van der Waals surface area contributed by atoms with E-state index in [1.165, 1.54) is 224 Å². The summed E-state index contributed by atoms with van der Waals surface area (Å²) in [4.78, 5) is 3.75. The first kappa shape index (κ1) is 42.2. The smallest absolute Gasteiger partial charge is 0.247 e. The molecule has 0 aromatic carbocycles. The van der Waals surface area contributed by atoms with E-state index in [1.54, 1.807) is 0 Å². The second kappa shape index (κ2) is 33.1. The predicted molar refractivity (Wildman–Crippen MR) is 202 cm³/mol. The van der Waals surface area contributed by atoms with Crippen LogP contribution in [0.4, 0.5) is 0 Å². The topological polar surface area (TPSA) is 19.7 Å². The summed E-state index contributed by atoms with van der Waals surface area (Å²) in [6.07, 6.45) is 53.1. The fraction of sp³-hybridized carbons (Fsp3) is 0.930. The van der Waals surface area contributed by atoms with E-state index in [9.17, 15) is 0 Å². The molecule has 1 N–H and O–H groups in total. The van der Waals surface area contributed by atoms with Gasteiger partial charge in [-0.15, -0.1) is 0 Å². The third-order valence-corrected chi connectivity index (χ3v) is 10.6. The van der Waals surface area contributed by atoms with Gasteiger partial charge in [0.2, 0.25) is 0 Å². The molecule has 1 aromatic heterocycles. The van der Waals surface area contributed by atoms with Gasteiger partial charge in [-0.2, -0.15) is 0 Å². The largest absolute Gasteiger partial charge is 0.257 e. The van der Waals surface area contributed by atoms with E-state index in [2.05, 4.69) is 49.6 Å². The number of aromatic nitrogens is 2. The monoisotopic (exact) mass is 630 g/mol. The molecule has 0 spiro atoms. The minimum absolute atomic E-state index is 0.618. The summed E-state index contributed by atoms with van der Waals surface area (Å²) < 4.78 is 2.64. The maximum Gasteiger partial charge on any atom is 0.257 e. The Morgan fingerprint density at radius 1 is 0.422 bits per heavy atom. The van der Waals surface area contributed by atoms with Gasteiger partial charge >= 0.3 is 0 Å². The van der Waals surface area contributed by atoms with Gasteiger partial charge in [0.15, 0.2) is 0 Å². The summed E-state index contributed by atoms with van der Waals surface area (Å²) in [5.74, 6) is 2.25. The molecule has 1 aromatic rings. The average Bonchev–Trinajstić information content (AvgIpc) is 3.54. The second-order valence-corrected chi connectivity index (χ2v) is 15.1. The van der Waals surface area contributed by atoms with Crippen molar-refractivity contribution in [1.82, 2.24) is 4.98 Å². The van der Waals surface area contributed by atoms with Crippen LogP contribution in [0.25, 0.3) is 0 Å². The molecular weight excluding hydrogens is 544 g/mol. The van der Waals surface area contributed by atoms with Gasteiger partial charge in [-0.1, -0.05) is 213 Å². The number of aromatic amines is 1. The van der Waals surface area contributed by atoms with Crippen molar-refractivity contribution >= 4 is 0 Å². The maximum atomic E-state index is 3.75. The fourth-order valence-electron chi connectivity index (χ4n) is 7.49. The Bertz CT molecular complexity index is 694. The van der Waals surface area contributed by atoms with Crippen molar-refractivity contribution in [2.24, 2.45) is 0 Å². The zero-order valence-corrected chi connectivity index (χ0v) is 31.8. The van der Waals surface area contributed by atoms with Crippen LogP contribution in [0, 0.1) is 0 Å². The Hall–Kier alpha value is -0.790. The van der Waals surface area contributed by atoms with Crippen LogP contribution >= 0.6 is 0 Å². The molecule has 1 heterocycles. The van der Waals surface area contributed by atoms with Gasteiger partial charge in [-0.3, -0.25) is 0 Å². The number of imidazole rings is 1. The maximum absolute atomic E-state index is 3.75. The second-order valence-electron chi connectivity index (χ2n) is 15.1. The highest BCUT2D eigenvalue weighted by molar-refractivity contribution is 4.90. The Labute approximate surface area is 285 Å². The molecular formula is C43H85N2+. The summed E-state index contributed by atoms with van der Waals surface area (Å²) in [5.41, 5.74) is 0. The van der Waals surface area contributed by atoms with Gasteiger partial charge in [0.1, 0.15) is 12.4 Å². The van der Waals surface area contributed by atoms with Crippen LogP contribution < -0.4 is 4.57 Å². The van der Waals surface area contributed by atoms with E-state index in [1.807, 2.05) is 0 Å². The summed E-state index contributed by atoms with van der Waals surface area (Å²) in [5, 5.41) is 0. The zero-order chi connectivity index (χ0) is 32.5. The van der Waals surface area contributed by atoms with Crippen molar-refractivity contribution in [3.63, 3.8) is 0 Å². The van der Waals surface area contributed by atoms with Crippen molar-refractivity contribution < 1.29 is 4.57 Å². The molecule has 2 nitrogen and oxygen atoms in total. The van der Waals surface area contributed by atoms with Gasteiger partial charge in [0.05, 0.1) is 12.0 Å². The molecule has 2 atom stereocenters. The number of unbranched alkanes of at least 4 members (excludes halogenated alkanes) is 28. The highest BCUT2D eigenvalue weighted by Gasteiger charge is 2.25. The summed E-state index contributed by atoms with van der Waals surface area (Å²) in [7, 11) is 0. The lowest BCUT2D eigenvalue weighted by molar-refractivity contribution is -0.727. The van der Waals surface area contributed by atoms with Crippen LogP contribution in [0.5, 0.6) is 0 Å². The number of hydrogen-bond acceptors (Lipinski definition) is 0. The number of nitrogens with one attached hydrogen (secondary N) is 1. The number of rotatable bonds is 36. The highest BCUT2D eigenvalue weighted by atomic mass is 15.1. The Kier molecular flexibility index (Phi) is 31.1. The molecule has 1 rings (SSSR count). The summed E-state index contributed by atoms with van der Waals surface area (Å²) in [6, 6.07) is 0.618. The third-order valence-electron chi connectivity index (χ3n) is 10.6. The van der Waals surface area contributed by atoms with E-state index in [0.29, 0.717) is 12.0 Å². The van der Waals surface area contributed by atoms with Crippen LogP contribution in [0.15, 0.2) is 12.4 Å². The van der Waals surface area contributed by atoms with Crippen LogP contribution in [-0.4, -0.2) is 4.98 Å². The molecule has 0 bridgehead atoms. The molecule has 45 heavy (non-hydrogen) atoms. The van der Waals surface area contributed by atoms with Gasteiger partial charge in [0.25, 0.3) is 5.82 Å². The molecule has 0 aliphatic heterocycles. The van der Waals surface area contributed by atoms with Crippen molar-refractivity contribution in [3.05, 3.63) is 18.2 Å². The number of H-pyrrole nitrogens is 1. The number of hydrogen-bond donors (Lipinski definition) is 1. The molecule has 2 unspecified atom stereocenters. The molecule has 2 heteroatoms. The van der Waals surface area contributed by atoms with Gasteiger partial charge < -0.3 is 0 Å². The van der Waals surface area contributed by atoms with Gasteiger partial charge in [0, 0.05) is 0 Å². The van der Waals surface area contributed by atoms with E-state index >= 15 is 0 Å². The van der Waals surface area contributed by atoms with E-state index in [-0.39, 0.29) is 0 Å². The first-order valence-electron chi connectivity index (χ1n) is 21.3. The lowest BCUT2D eigenvalue weighted by atomic mass is 9.92. The summed E-state index contributed by atoms with van der Waals surface area (Å²) in [6.45, 7) is 9.43. The predicted octanol–water partition coefficient (Wildman–Crippen LogP) is 15.3. The minimum atomic E-state index is 0.618. The quantitative estimate of drug-likeness (QED) is 0.0563. The highest BCUT2D eigenvalue weighted by Crippen LogP contribution is 2.27. The van der Waals surface area contributed by atoms with Crippen molar-refractivity contribution in [2.75, 3.05) is 0 Å². The minimum Gasteiger partial charge on any atom is -0.247 e. The molecule has 0 amide bonds. The third kappa shape index (κ3) is 25.0. The molecule has 0 aliphatic carbocycles. The lowest BCUT2D eigenvalue weighted by Crippen LogP contribution is -2.41. The van der Waals surface area contributed by atoms with E-state index < -0.39 is 0 Å². The number of nitrogens with zero attached hydrogens (tertiary/aromatic N) is 1. The normalized spacial score (nSPS) is 13.1. The SMILES string of the molecule is CCCCCCCCCCCCCCCCCC(C)[n+]1cc[nH]c1C(CCCCCCCCC)CCCCCCCCCCC. The fourth-order valence-corrected chi connectivity index (χ4v) is 7.49. The average molecular weight is 630 g/mol. The molecule has 0 saturated heterocycles. The zero-order valence-electron chi connectivity index (χ0n) is 31.8. The Morgan fingerprint density at radius 2 is 0.711 bits per heavy atom. The van der Waals surface area contributed by atoms with Crippen LogP contribution in [-0.2, 0) is 0 Å². The van der Waals surface area contributed by atoms with Gasteiger partial charge in [-0.25, -0.2) is 9.55 Å². The van der Waals surface area contributed by atoms with Gasteiger partial charge in [-0.05, 0) is 32.6 Å². The van der Waals surface area contributed by atoms with Crippen LogP contribution in [0.1, 0.15) is 264 Å². The summed E-state index contributed by atoms with van der Waals surface area (Å²) >= 11 is 0. The van der Waals surface area contributed by atoms with E-state index in [4.69, 9.17) is 0 Å². The molecule has 266 valence electrons. The molecule has 0 aliphatic rings. The van der Waals surface area contributed by atoms with Crippen molar-refractivity contribution in [3.8, 4) is 0 Å². The lowest BCUT2D eigenvalue weighted by Gasteiger charge is -2.17. The first-order valence-corrected chi connectivity index (χ1v) is 21.3. The molecule has 0 fully saturated rings. The standard InChI is InChI=1S/C43H84N2/c1-5-8-11-14-17-19-20-21-22-23-24-26-28-30-33-36-41(4)45-40-39-44-43(45)42(37-34-31-27-16-13-10-7-3)38-35-32-29-25-18-15-12-9-6-2/h39-42H,5-38H2,1-4H3/p+1. The molecule has 0 radical (unpaired) electrons. The first-order chi connectivity index (χ1) is 22.2. The Balaban J connectivity index is 2.32. The van der Waals surface area contributed by atoms with Crippen LogP contribution in [0.3, 0.4) is 0 Å².